The molecule has 1 atom stereocenters. The SMILES string of the molecule is Cc1ccc(F)c(OCC(O)Cn2cc([N+](=O)[O-])cn2)c1. The molecule has 1 heterocycles. The molecule has 0 radical (unpaired) electrons. The van der Waals surface area contributed by atoms with Crippen molar-refractivity contribution in [2.45, 2.75) is 19.6 Å². The quantitative estimate of drug-likeness (QED) is 0.646. The van der Waals surface area contributed by atoms with Crippen LogP contribution in [0.15, 0.2) is 30.6 Å². The highest BCUT2D eigenvalue weighted by atomic mass is 19.1. The van der Waals surface area contributed by atoms with E-state index in [2.05, 4.69) is 5.10 Å². The van der Waals surface area contributed by atoms with Crippen molar-refractivity contribution >= 4 is 5.69 Å². The maximum atomic E-state index is 13.4. The van der Waals surface area contributed by atoms with Crippen LogP contribution in [0.25, 0.3) is 0 Å². The molecular weight excluding hydrogens is 281 g/mol. The summed E-state index contributed by atoms with van der Waals surface area (Å²) in [6, 6.07) is 4.43. The molecule has 0 amide bonds. The van der Waals surface area contributed by atoms with Crippen LogP contribution in [-0.4, -0.2) is 32.5 Å². The largest absolute Gasteiger partial charge is 0.488 e. The second-order valence-corrected chi connectivity index (χ2v) is 4.58. The Labute approximate surface area is 119 Å². The fraction of sp³-hybridized carbons (Fsp3) is 0.308. The van der Waals surface area contributed by atoms with Gasteiger partial charge in [0, 0.05) is 0 Å². The molecule has 8 heteroatoms. The average Bonchev–Trinajstić information content (AvgIpc) is 2.88. The van der Waals surface area contributed by atoms with E-state index in [0.29, 0.717) is 0 Å². The third-order valence-corrected chi connectivity index (χ3v) is 2.75. The lowest BCUT2D eigenvalue weighted by Crippen LogP contribution is -2.24. The lowest BCUT2D eigenvalue weighted by Gasteiger charge is -2.13. The molecule has 112 valence electrons. The van der Waals surface area contributed by atoms with Crippen molar-refractivity contribution in [1.29, 1.82) is 0 Å². The van der Waals surface area contributed by atoms with Crippen LogP contribution in [0.2, 0.25) is 0 Å². The van der Waals surface area contributed by atoms with Gasteiger partial charge in [0.15, 0.2) is 11.6 Å². The minimum absolute atomic E-state index is 0.0152. The molecule has 0 spiro atoms. The van der Waals surface area contributed by atoms with Crippen molar-refractivity contribution in [3.63, 3.8) is 0 Å². The molecule has 1 aromatic heterocycles. The number of benzene rings is 1. The smallest absolute Gasteiger partial charge is 0.306 e. The normalized spacial score (nSPS) is 12.1. The minimum Gasteiger partial charge on any atom is -0.488 e. The number of aliphatic hydroxyl groups excluding tert-OH is 1. The fourth-order valence-corrected chi connectivity index (χ4v) is 1.72. The monoisotopic (exact) mass is 295 g/mol. The molecule has 0 bridgehead atoms. The summed E-state index contributed by atoms with van der Waals surface area (Å²) in [5, 5.41) is 24.0. The van der Waals surface area contributed by atoms with Crippen LogP contribution >= 0.6 is 0 Å². The summed E-state index contributed by atoms with van der Waals surface area (Å²) in [7, 11) is 0. The maximum absolute atomic E-state index is 13.4. The van der Waals surface area contributed by atoms with E-state index < -0.39 is 16.8 Å². The molecule has 21 heavy (non-hydrogen) atoms. The topological polar surface area (TPSA) is 90.4 Å². The molecule has 0 aliphatic carbocycles. The summed E-state index contributed by atoms with van der Waals surface area (Å²) in [5.74, 6) is -0.456. The van der Waals surface area contributed by atoms with E-state index in [4.69, 9.17) is 4.74 Å². The molecule has 7 nitrogen and oxygen atoms in total. The van der Waals surface area contributed by atoms with E-state index >= 15 is 0 Å². The second-order valence-electron chi connectivity index (χ2n) is 4.58. The van der Waals surface area contributed by atoms with Gasteiger partial charge in [0.1, 0.15) is 25.1 Å². The van der Waals surface area contributed by atoms with Gasteiger partial charge in [-0.15, -0.1) is 0 Å². The number of ether oxygens (including phenoxy) is 1. The first-order chi connectivity index (χ1) is 9.95. The van der Waals surface area contributed by atoms with Crippen molar-refractivity contribution in [3.8, 4) is 5.75 Å². The number of nitro groups is 1. The molecule has 0 aliphatic rings. The molecule has 0 aliphatic heterocycles. The zero-order valence-corrected chi connectivity index (χ0v) is 11.3. The molecule has 2 rings (SSSR count). The molecule has 0 fully saturated rings. The van der Waals surface area contributed by atoms with Crippen LogP contribution in [0.5, 0.6) is 5.75 Å². The molecule has 2 aromatic rings. The van der Waals surface area contributed by atoms with Gasteiger partial charge in [-0.05, 0) is 24.6 Å². The number of nitrogens with zero attached hydrogens (tertiary/aromatic N) is 3. The van der Waals surface area contributed by atoms with Crippen LogP contribution < -0.4 is 4.74 Å². The third kappa shape index (κ3) is 3.99. The standard InChI is InChI=1S/C13H14FN3O4/c1-9-2-3-12(14)13(4-9)21-8-11(18)7-16-6-10(5-15-16)17(19)20/h2-6,11,18H,7-8H2,1H3. The number of aryl methyl sites for hydroxylation is 1. The minimum atomic E-state index is -0.968. The summed E-state index contributed by atoms with van der Waals surface area (Å²) in [6.45, 7) is 1.67. The highest BCUT2D eigenvalue weighted by molar-refractivity contribution is 5.29. The highest BCUT2D eigenvalue weighted by Crippen LogP contribution is 2.18. The van der Waals surface area contributed by atoms with Crippen molar-refractivity contribution in [2.24, 2.45) is 0 Å². The third-order valence-electron chi connectivity index (χ3n) is 2.75. The van der Waals surface area contributed by atoms with Gasteiger partial charge in [-0.25, -0.2) is 4.39 Å². The van der Waals surface area contributed by atoms with E-state index in [0.717, 1.165) is 11.8 Å². The van der Waals surface area contributed by atoms with Gasteiger partial charge in [0.25, 0.3) is 0 Å². The first-order valence-electron chi connectivity index (χ1n) is 6.19. The molecule has 1 aromatic carbocycles. The van der Waals surface area contributed by atoms with E-state index in [9.17, 15) is 19.6 Å². The summed E-state index contributed by atoms with van der Waals surface area (Å²) in [4.78, 5) is 9.93. The molecular formula is C13H14FN3O4. The lowest BCUT2D eigenvalue weighted by molar-refractivity contribution is -0.385. The Morgan fingerprint density at radius 3 is 3.00 bits per heavy atom. The first-order valence-corrected chi connectivity index (χ1v) is 6.19. The molecule has 1 unspecified atom stereocenters. The highest BCUT2D eigenvalue weighted by Gasteiger charge is 2.13. The molecule has 0 saturated heterocycles. The Morgan fingerprint density at radius 2 is 2.33 bits per heavy atom. The van der Waals surface area contributed by atoms with E-state index in [1.165, 1.54) is 23.0 Å². The zero-order valence-electron chi connectivity index (χ0n) is 11.3. The summed E-state index contributed by atoms with van der Waals surface area (Å²) >= 11 is 0. The predicted octanol–water partition coefficient (Wildman–Crippen LogP) is 1.68. The Kier molecular flexibility index (Phi) is 4.49. The van der Waals surface area contributed by atoms with Gasteiger partial charge in [-0.1, -0.05) is 6.07 Å². The number of halogens is 1. The summed E-state index contributed by atoms with van der Waals surface area (Å²) in [5.41, 5.74) is 0.677. The number of rotatable bonds is 6. The fourth-order valence-electron chi connectivity index (χ4n) is 1.72. The zero-order chi connectivity index (χ0) is 15.4. The summed E-state index contributed by atoms with van der Waals surface area (Å²) in [6.07, 6.45) is 1.33. The maximum Gasteiger partial charge on any atom is 0.306 e. The van der Waals surface area contributed by atoms with Crippen LogP contribution in [-0.2, 0) is 6.54 Å². The van der Waals surface area contributed by atoms with Gasteiger partial charge < -0.3 is 9.84 Å². The number of aromatic nitrogens is 2. The second kappa shape index (κ2) is 6.31. The van der Waals surface area contributed by atoms with Crippen LogP contribution in [0.3, 0.4) is 0 Å². The van der Waals surface area contributed by atoms with Crippen LogP contribution in [0.4, 0.5) is 10.1 Å². The van der Waals surface area contributed by atoms with Gasteiger partial charge in [-0.3, -0.25) is 14.8 Å². The van der Waals surface area contributed by atoms with Crippen LogP contribution in [0.1, 0.15) is 5.56 Å². The van der Waals surface area contributed by atoms with E-state index in [1.807, 2.05) is 0 Å². The van der Waals surface area contributed by atoms with Gasteiger partial charge in [0.05, 0.1) is 11.5 Å². The Morgan fingerprint density at radius 1 is 1.57 bits per heavy atom. The predicted molar refractivity (Wildman–Crippen MR) is 71.5 cm³/mol. The molecule has 0 saturated carbocycles. The van der Waals surface area contributed by atoms with Crippen molar-refractivity contribution < 1.29 is 19.2 Å². The first kappa shape index (κ1) is 14.9. The van der Waals surface area contributed by atoms with E-state index in [-0.39, 0.29) is 24.6 Å². The van der Waals surface area contributed by atoms with Crippen LogP contribution in [0, 0.1) is 22.9 Å². The van der Waals surface area contributed by atoms with E-state index in [1.54, 1.807) is 13.0 Å². The number of aliphatic hydroxyl groups is 1. The van der Waals surface area contributed by atoms with Gasteiger partial charge in [0.2, 0.25) is 0 Å². The number of hydrogen-bond donors (Lipinski definition) is 1. The van der Waals surface area contributed by atoms with Gasteiger partial charge in [-0.2, -0.15) is 5.10 Å². The molecule has 1 N–H and O–H groups in total. The Balaban J connectivity index is 1.90. The Bertz CT molecular complexity index is 644. The lowest BCUT2D eigenvalue weighted by atomic mass is 10.2. The number of hydrogen-bond acceptors (Lipinski definition) is 5. The van der Waals surface area contributed by atoms with Crippen molar-refractivity contribution in [1.82, 2.24) is 9.78 Å². The van der Waals surface area contributed by atoms with Crippen molar-refractivity contribution in [2.75, 3.05) is 6.61 Å². The van der Waals surface area contributed by atoms with Crippen molar-refractivity contribution in [3.05, 3.63) is 52.1 Å². The summed E-state index contributed by atoms with van der Waals surface area (Å²) < 4.78 is 19.9. The Hall–Kier alpha value is -2.48. The van der Waals surface area contributed by atoms with Gasteiger partial charge >= 0.3 is 5.69 Å². The average molecular weight is 295 g/mol.